The molecular formula is C11H13N3O. The first kappa shape index (κ1) is 8.73. The average Bonchev–Trinajstić information content (AvgIpc) is 2.84. The van der Waals surface area contributed by atoms with Crippen LogP contribution >= 0.6 is 0 Å². The van der Waals surface area contributed by atoms with Gasteiger partial charge in [0.05, 0.1) is 6.10 Å². The molecule has 0 saturated carbocycles. The van der Waals surface area contributed by atoms with Crippen molar-refractivity contribution in [3.05, 3.63) is 30.6 Å². The van der Waals surface area contributed by atoms with E-state index in [2.05, 4.69) is 20.4 Å². The van der Waals surface area contributed by atoms with Crippen LogP contribution in [0.2, 0.25) is 0 Å². The Morgan fingerprint density at radius 1 is 1.40 bits per heavy atom. The van der Waals surface area contributed by atoms with Crippen LogP contribution in [0.15, 0.2) is 30.6 Å². The molecule has 0 radical (unpaired) electrons. The van der Waals surface area contributed by atoms with Gasteiger partial charge in [0, 0.05) is 25.5 Å². The lowest BCUT2D eigenvalue weighted by atomic mass is 10.3. The van der Waals surface area contributed by atoms with E-state index in [1.54, 1.807) is 6.20 Å². The Morgan fingerprint density at radius 3 is 3.13 bits per heavy atom. The number of fused-ring (bicyclic) bond motifs is 1. The van der Waals surface area contributed by atoms with Crippen LogP contribution < -0.4 is 4.90 Å². The largest absolute Gasteiger partial charge is 0.391 e. The number of imidazole rings is 1. The summed E-state index contributed by atoms with van der Waals surface area (Å²) in [5.41, 5.74) is 0.953. The molecule has 0 aromatic carbocycles. The number of hydrogen-bond donors (Lipinski definition) is 1. The Morgan fingerprint density at radius 2 is 2.33 bits per heavy atom. The van der Waals surface area contributed by atoms with Crippen LogP contribution in [0.5, 0.6) is 0 Å². The van der Waals surface area contributed by atoms with Crippen molar-refractivity contribution in [2.45, 2.75) is 12.5 Å². The number of β-amino-alcohol motifs (C(OH)–C–C–N with tert-alkyl or cyclic N) is 1. The van der Waals surface area contributed by atoms with Gasteiger partial charge in [-0.3, -0.25) is 4.40 Å². The summed E-state index contributed by atoms with van der Waals surface area (Å²) in [4.78, 5) is 6.44. The average molecular weight is 203 g/mol. The van der Waals surface area contributed by atoms with Crippen molar-refractivity contribution in [3.63, 3.8) is 0 Å². The smallest absolute Gasteiger partial charge is 0.138 e. The molecule has 0 spiro atoms. The molecule has 0 aliphatic carbocycles. The van der Waals surface area contributed by atoms with Crippen molar-refractivity contribution in [2.75, 3.05) is 18.0 Å². The van der Waals surface area contributed by atoms with Crippen molar-refractivity contribution < 1.29 is 5.11 Å². The van der Waals surface area contributed by atoms with Crippen molar-refractivity contribution in [3.8, 4) is 0 Å². The Labute approximate surface area is 87.8 Å². The molecule has 3 heterocycles. The third-order valence-corrected chi connectivity index (χ3v) is 2.89. The SMILES string of the molecule is OC1CCN(c2cccc3nccn23)C1. The van der Waals surface area contributed by atoms with Gasteiger partial charge >= 0.3 is 0 Å². The fourth-order valence-corrected chi connectivity index (χ4v) is 2.14. The van der Waals surface area contributed by atoms with Gasteiger partial charge in [0.25, 0.3) is 0 Å². The molecule has 1 unspecified atom stereocenters. The van der Waals surface area contributed by atoms with Crippen LogP contribution in [-0.2, 0) is 0 Å². The second kappa shape index (κ2) is 3.24. The lowest BCUT2D eigenvalue weighted by molar-refractivity contribution is 0.198. The number of pyridine rings is 1. The van der Waals surface area contributed by atoms with Crippen LogP contribution in [0.4, 0.5) is 5.82 Å². The molecule has 1 fully saturated rings. The number of nitrogens with zero attached hydrogens (tertiary/aromatic N) is 3. The van der Waals surface area contributed by atoms with E-state index in [1.165, 1.54) is 0 Å². The summed E-state index contributed by atoms with van der Waals surface area (Å²) in [7, 11) is 0. The summed E-state index contributed by atoms with van der Waals surface area (Å²) < 4.78 is 2.05. The minimum atomic E-state index is -0.191. The van der Waals surface area contributed by atoms with E-state index in [1.807, 2.05) is 18.3 Å². The highest BCUT2D eigenvalue weighted by Crippen LogP contribution is 2.21. The van der Waals surface area contributed by atoms with Gasteiger partial charge in [-0.15, -0.1) is 0 Å². The number of aliphatic hydroxyl groups excluding tert-OH is 1. The van der Waals surface area contributed by atoms with Crippen molar-refractivity contribution in [2.24, 2.45) is 0 Å². The van der Waals surface area contributed by atoms with Crippen LogP contribution in [0.1, 0.15) is 6.42 Å². The van der Waals surface area contributed by atoms with Crippen molar-refractivity contribution in [1.29, 1.82) is 0 Å². The lowest BCUT2D eigenvalue weighted by Crippen LogP contribution is -2.23. The first-order valence-corrected chi connectivity index (χ1v) is 5.20. The molecule has 1 aliphatic rings. The monoisotopic (exact) mass is 203 g/mol. The molecule has 2 aromatic heterocycles. The van der Waals surface area contributed by atoms with E-state index >= 15 is 0 Å². The third-order valence-electron chi connectivity index (χ3n) is 2.89. The molecule has 4 heteroatoms. The third kappa shape index (κ3) is 1.37. The maximum absolute atomic E-state index is 9.52. The molecule has 1 aliphatic heterocycles. The molecule has 15 heavy (non-hydrogen) atoms. The van der Waals surface area contributed by atoms with E-state index in [0.29, 0.717) is 0 Å². The summed E-state index contributed by atoms with van der Waals surface area (Å²) in [6.07, 6.45) is 4.41. The Balaban J connectivity index is 2.06. The van der Waals surface area contributed by atoms with Gasteiger partial charge in [0.2, 0.25) is 0 Å². The first-order chi connectivity index (χ1) is 7.34. The fourth-order valence-electron chi connectivity index (χ4n) is 2.14. The number of aliphatic hydroxyl groups is 1. The summed E-state index contributed by atoms with van der Waals surface area (Å²) in [6.45, 7) is 1.63. The first-order valence-electron chi connectivity index (χ1n) is 5.20. The number of hydrogen-bond acceptors (Lipinski definition) is 3. The van der Waals surface area contributed by atoms with Crippen LogP contribution in [0, 0.1) is 0 Å². The van der Waals surface area contributed by atoms with Crippen LogP contribution in [0.25, 0.3) is 5.65 Å². The maximum atomic E-state index is 9.52. The summed E-state index contributed by atoms with van der Waals surface area (Å²) >= 11 is 0. The van der Waals surface area contributed by atoms with Gasteiger partial charge in [0.1, 0.15) is 11.5 Å². The van der Waals surface area contributed by atoms with Gasteiger partial charge in [-0.1, -0.05) is 6.07 Å². The highest BCUT2D eigenvalue weighted by molar-refractivity contribution is 5.52. The standard InChI is InChI=1S/C11H13N3O/c15-9-4-6-13(8-9)11-3-1-2-10-12-5-7-14(10)11/h1-3,5,7,9,15H,4,6,8H2. The zero-order valence-corrected chi connectivity index (χ0v) is 8.37. The number of anilines is 1. The maximum Gasteiger partial charge on any atom is 0.138 e. The van der Waals surface area contributed by atoms with E-state index in [9.17, 15) is 5.11 Å². The quantitative estimate of drug-likeness (QED) is 0.748. The van der Waals surface area contributed by atoms with Gasteiger partial charge in [-0.05, 0) is 18.6 Å². The topological polar surface area (TPSA) is 40.8 Å². The Hall–Kier alpha value is -1.55. The molecule has 0 bridgehead atoms. The zero-order valence-electron chi connectivity index (χ0n) is 8.37. The van der Waals surface area contributed by atoms with Gasteiger partial charge in [-0.2, -0.15) is 0 Å². The Kier molecular flexibility index (Phi) is 1.89. The minimum Gasteiger partial charge on any atom is -0.391 e. The van der Waals surface area contributed by atoms with E-state index in [0.717, 1.165) is 31.0 Å². The highest BCUT2D eigenvalue weighted by atomic mass is 16.3. The Bertz CT molecular complexity index is 479. The van der Waals surface area contributed by atoms with Gasteiger partial charge in [0.15, 0.2) is 0 Å². The molecule has 1 saturated heterocycles. The fraction of sp³-hybridized carbons (Fsp3) is 0.364. The second-order valence-corrected chi connectivity index (χ2v) is 3.93. The minimum absolute atomic E-state index is 0.191. The normalized spacial score (nSPS) is 21.4. The van der Waals surface area contributed by atoms with Crippen molar-refractivity contribution >= 4 is 11.5 Å². The van der Waals surface area contributed by atoms with Crippen LogP contribution in [-0.4, -0.2) is 33.7 Å². The summed E-state index contributed by atoms with van der Waals surface area (Å²) in [6, 6.07) is 6.05. The summed E-state index contributed by atoms with van der Waals surface area (Å²) in [5, 5.41) is 9.52. The van der Waals surface area contributed by atoms with E-state index in [4.69, 9.17) is 0 Å². The molecule has 2 aromatic rings. The van der Waals surface area contributed by atoms with Crippen LogP contribution in [0.3, 0.4) is 0 Å². The highest BCUT2D eigenvalue weighted by Gasteiger charge is 2.21. The van der Waals surface area contributed by atoms with E-state index in [-0.39, 0.29) is 6.10 Å². The lowest BCUT2D eigenvalue weighted by Gasteiger charge is -2.18. The molecule has 0 amide bonds. The van der Waals surface area contributed by atoms with E-state index < -0.39 is 0 Å². The predicted octanol–water partition coefficient (Wildman–Crippen LogP) is 0.905. The molecule has 1 atom stereocenters. The number of rotatable bonds is 1. The molecule has 78 valence electrons. The predicted molar refractivity (Wildman–Crippen MR) is 58.0 cm³/mol. The second-order valence-electron chi connectivity index (χ2n) is 3.93. The summed E-state index contributed by atoms with van der Waals surface area (Å²) in [5.74, 6) is 1.11. The molecular weight excluding hydrogens is 190 g/mol. The van der Waals surface area contributed by atoms with Crippen molar-refractivity contribution in [1.82, 2.24) is 9.38 Å². The van der Waals surface area contributed by atoms with Gasteiger partial charge in [-0.25, -0.2) is 4.98 Å². The molecule has 1 N–H and O–H groups in total. The number of aromatic nitrogens is 2. The molecule has 4 nitrogen and oxygen atoms in total. The molecule has 3 rings (SSSR count). The van der Waals surface area contributed by atoms with Gasteiger partial charge < -0.3 is 10.0 Å². The zero-order chi connectivity index (χ0) is 10.3.